The van der Waals surface area contributed by atoms with Crippen molar-refractivity contribution in [2.24, 2.45) is 0 Å². The Bertz CT molecular complexity index is 1250. The normalized spacial score (nSPS) is 15.5. The molecule has 1 unspecified atom stereocenters. The van der Waals surface area contributed by atoms with Gasteiger partial charge < -0.3 is 5.32 Å². The van der Waals surface area contributed by atoms with Crippen LogP contribution in [0.1, 0.15) is 39.7 Å². The summed E-state index contributed by atoms with van der Waals surface area (Å²) in [7, 11) is 0. The third-order valence-corrected chi connectivity index (χ3v) is 7.37. The fourth-order valence-corrected chi connectivity index (χ4v) is 5.67. The number of fused-ring (bicyclic) bond motifs is 2. The molecular weight excluding hydrogens is 452 g/mol. The number of aryl methyl sites for hydroxylation is 1. The maximum absolute atomic E-state index is 13.0. The summed E-state index contributed by atoms with van der Waals surface area (Å²) in [6, 6.07) is 14.5. The molecule has 1 aliphatic rings. The number of benzene rings is 2. The summed E-state index contributed by atoms with van der Waals surface area (Å²) in [5.74, 6) is -0.715. The van der Waals surface area contributed by atoms with Crippen molar-refractivity contribution in [3.05, 3.63) is 69.7 Å². The van der Waals surface area contributed by atoms with Crippen molar-refractivity contribution in [3.63, 3.8) is 0 Å². The molecule has 0 radical (unpaired) electrons. The Morgan fingerprint density at radius 1 is 0.968 bits per heavy atom. The predicted molar refractivity (Wildman–Crippen MR) is 125 cm³/mol. The van der Waals surface area contributed by atoms with Crippen LogP contribution in [-0.4, -0.2) is 21.8 Å². The van der Waals surface area contributed by atoms with Gasteiger partial charge in [0.25, 0.3) is 5.91 Å². The lowest BCUT2D eigenvalue weighted by atomic mass is 9.90. The molecule has 31 heavy (non-hydrogen) atoms. The number of carbonyl (C=O) groups is 2. The van der Waals surface area contributed by atoms with Crippen LogP contribution in [0.15, 0.2) is 48.5 Å². The van der Waals surface area contributed by atoms with E-state index in [1.807, 2.05) is 24.3 Å². The van der Waals surface area contributed by atoms with Gasteiger partial charge in [0.05, 0.1) is 21.8 Å². The second-order valence-electron chi connectivity index (χ2n) is 7.21. The van der Waals surface area contributed by atoms with Crippen LogP contribution < -0.4 is 10.6 Å². The van der Waals surface area contributed by atoms with Crippen LogP contribution in [0.4, 0.5) is 10.3 Å². The summed E-state index contributed by atoms with van der Waals surface area (Å²) < 4.78 is 1.03. The van der Waals surface area contributed by atoms with E-state index < -0.39 is 0 Å². The quantitative estimate of drug-likeness (QED) is 0.401. The lowest BCUT2D eigenvalue weighted by Crippen LogP contribution is -2.24. The van der Waals surface area contributed by atoms with Crippen LogP contribution in [0.5, 0.6) is 0 Å². The highest BCUT2D eigenvalue weighted by molar-refractivity contribution is 7.22. The van der Waals surface area contributed by atoms with Crippen LogP contribution in [0.3, 0.4) is 0 Å². The standard InChI is InChI=1S/C22H17ClN4O2S2/c23-13-10-8-12(9-11-13)19(28)26-22-25-18-14(4-3-7-17(18)31-22)20(29)27-21-24-15-5-1-2-6-16(15)30-21/h1-2,5-6,8-11,14H,3-4,7H2,(H,24,27,29)(H,25,26,28). The first-order chi connectivity index (χ1) is 15.1. The number of nitrogens with one attached hydrogen (secondary N) is 2. The molecule has 0 fully saturated rings. The van der Waals surface area contributed by atoms with Gasteiger partial charge in [0.15, 0.2) is 10.3 Å². The zero-order valence-electron chi connectivity index (χ0n) is 16.2. The van der Waals surface area contributed by atoms with Crippen molar-refractivity contribution in [2.45, 2.75) is 25.2 Å². The number of nitrogens with zero attached hydrogens (tertiary/aromatic N) is 2. The largest absolute Gasteiger partial charge is 0.301 e. The molecule has 156 valence electrons. The van der Waals surface area contributed by atoms with E-state index in [0.29, 0.717) is 20.8 Å². The summed E-state index contributed by atoms with van der Waals surface area (Å²) in [5.41, 5.74) is 2.12. The van der Waals surface area contributed by atoms with Gasteiger partial charge in [-0.25, -0.2) is 9.97 Å². The van der Waals surface area contributed by atoms with Gasteiger partial charge in [-0.3, -0.25) is 14.9 Å². The molecule has 2 heterocycles. The van der Waals surface area contributed by atoms with Gasteiger partial charge in [-0.05, 0) is 55.7 Å². The zero-order chi connectivity index (χ0) is 21.4. The number of halogens is 1. The highest BCUT2D eigenvalue weighted by atomic mass is 35.5. The molecule has 2 aromatic heterocycles. The van der Waals surface area contributed by atoms with Crippen LogP contribution in [0, 0.1) is 0 Å². The molecule has 1 atom stereocenters. The van der Waals surface area contributed by atoms with Crippen molar-refractivity contribution in [1.82, 2.24) is 9.97 Å². The van der Waals surface area contributed by atoms with Gasteiger partial charge in [-0.1, -0.05) is 35.1 Å². The van der Waals surface area contributed by atoms with E-state index in [1.54, 1.807) is 24.3 Å². The van der Waals surface area contributed by atoms with Gasteiger partial charge in [0, 0.05) is 15.5 Å². The molecule has 4 aromatic rings. The van der Waals surface area contributed by atoms with Crippen LogP contribution in [0.25, 0.3) is 10.2 Å². The minimum Gasteiger partial charge on any atom is -0.301 e. The Morgan fingerprint density at radius 2 is 1.74 bits per heavy atom. The Balaban J connectivity index is 1.33. The fraction of sp³-hybridized carbons (Fsp3) is 0.182. The number of para-hydroxylation sites is 1. The van der Waals surface area contributed by atoms with E-state index >= 15 is 0 Å². The summed E-state index contributed by atoms with van der Waals surface area (Å²) in [4.78, 5) is 35.7. The van der Waals surface area contributed by atoms with E-state index in [0.717, 1.165) is 40.1 Å². The first-order valence-corrected chi connectivity index (χ1v) is 11.8. The van der Waals surface area contributed by atoms with E-state index in [9.17, 15) is 9.59 Å². The topological polar surface area (TPSA) is 84.0 Å². The maximum Gasteiger partial charge on any atom is 0.257 e. The molecule has 0 saturated heterocycles. The van der Waals surface area contributed by atoms with Crippen molar-refractivity contribution < 1.29 is 9.59 Å². The summed E-state index contributed by atoms with van der Waals surface area (Å²) in [6.45, 7) is 0. The lowest BCUT2D eigenvalue weighted by Gasteiger charge is -2.19. The number of aromatic nitrogens is 2. The number of thiazole rings is 2. The second kappa shape index (κ2) is 8.37. The molecule has 9 heteroatoms. The molecule has 0 spiro atoms. The van der Waals surface area contributed by atoms with Gasteiger partial charge >= 0.3 is 0 Å². The van der Waals surface area contributed by atoms with Gasteiger partial charge in [0.1, 0.15) is 0 Å². The SMILES string of the molecule is O=C(Nc1nc2c(s1)CCCC2C(=O)Nc1nc2ccccc2s1)c1ccc(Cl)cc1. The summed E-state index contributed by atoms with van der Waals surface area (Å²) >= 11 is 8.77. The molecule has 0 aliphatic heterocycles. The number of amides is 2. The molecule has 2 amide bonds. The van der Waals surface area contributed by atoms with Crippen molar-refractivity contribution in [1.29, 1.82) is 0 Å². The third-order valence-electron chi connectivity index (χ3n) is 5.12. The van der Waals surface area contributed by atoms with Gasteiger partial charge in [0.2, 0.25) is 5.91 Å². The highest BCUT2D eigenvalue weighted by Crippen LogP contribution is 2.38. The number of carbonyl (C=O) groups excluding carboxylic acids is 2. The average molecular weight is 469 g/mol. The molecule has 2 aromatic carbocycles. The Hall–Kier alpha value is -2.81. The Labute approximate surface area is 191 Å². The molecule has 5 rings (SSSR count). The number of hydrogen-bond acceptors (Lipinski definition) is 6. The molecule has 6 nitrogen and oxygen atoms in total. The Kier molecular flexibility index (Phi) is 5.43. The number of rotatable bonds is 4. The van der Waals surface area contributed by atoms with Crippen LogP contribution >= 0.6 is 34.3 Å². The third kappa shape index (κ3) is 4.19. The molecular formula is C22H17ClN4O2S2. The monoisotopic (exact) mass is 468 g/mol. The lowest BCUT2D eigenvalue weighted by molar-refractivity contribution is -0.117. The molecule has 2 N–H and O–H groups in total. The van der Waals surface area contributed by atoms with Gasteiger partial charge in [-0.15, -0.1) is 11.3 Å². The maximum atomic E-state index is 13.0. The first-order valence-electron chi connectivity index (χ1n) is 9.80. The van der Waals surface area contributed by atoms with E-state index in [2.05, 4.69) is 20.6 Å². The van der Waals surface area contributed by atoms with E-state index in [1.165, 1.54) is 22.7 Å². The van der Waals surface area contributed by atoms with Crippen LogP contribution in [0.2, 0.25) is 5.02 Å². The fourth-order valence-electron chi connectivity index (χ4n) is 3.62. The molecule has 1 aliphatic carbocycles. The highest BCUT2D eigenvalue weighted by Gasteiger charge is 2.31. The van der Waals surface area contributed by atoms with E-state index in [4.69, 9.17) is 11.6 Å². The van der Waals surface area contributed by atoms with E-state index in [-0.39, 0.29) is 17.7 Å². The van der Waals surface area contributed by atoms with Crippen LogP contribution in [-0.2, 0) is 11.2 Å². The first kappa shape index (κ1) is 20.1. The molecule has 0 bridgehead atoms. The zero-order valence-corrected chi connectivity index (χ0v) is 18.6. The second-order valence-corrected chi connectivity index (χ2v) is 9.76. The Morgan fingerprint density at radius 3 is 2.55 bits per heavy atom. The number of anilines is 2. The average Bonchev–Trinajstić information content (AvgIpc) is 3.36. The predicted octanol–water partition coefficient (Wildman–Crippen LogP) is 5.72. The summed E-state index contributed by atoms with van der Waals surface area (Å²) in [5, 5.41) is 7.47. The van der Waals surface area contributed by atoms with Gasteiger partial charge in [-0.2, -0.15) is 0 Å². The van der Waals surface area contributed by atoms with Crippen molar-refractivity contribution >= 4 is 66.6 Å². The minimum absolute atomic E-state index is 0.110. The number of hydrogen-bond donors (Lipinski definition) is 2. The molecule has 0 saturated carbocycles. The van der Waals surface area contributed by atoms with Crippen molar-refractivity contribution in [2.75, 3.05) is 10.6 Å². The summed E-state index contributed by atoms with van der Waals surface area (Å²) in [6.07, 6.45) is 2.48. The van der Waals surface area contributed by atoms with Crippen molar-refractivity contribution in [3.8, 4) is 0 Å². The smallest absolute Gasteiger partial charge is 0.257 e. The minimum atomic E-state index is -0.354.